The SMILES string of the molecule is CC(O)C(C)SCCc1ccsc1. The summed E-state index contributed by atoms with van der Waals surface area (Å²) in [5.74, 6) is 1.10. The second-order valence-corrected chi connectivity index (χ2v) is 5.46. The van der Waals surface area contributed by atoms with Gasteiger partial charge in [-0.1, -0.05) is 6.92 Å². The first-order chi connectivity index (χ1) is 6.20. The Morgan fingerprint density at radius 3 is 2.85 bits per heavy atom. The van der Waals surface area contributed by atoms with Crippen LogP contribution in [0, 0.1) is 0 Å². The zero-order valence-corrected chi connectivity index (χ0v) is 9.70. The van der Waals surface area contributed by atoms with Crippen LogP contribution in [0.3, 0.4) is 0 Å². The lowest BCUT2D eigenvalue weighted by Gasteiger charge is -2.13. The van der Waals surface area contributed by atoms with Gasteiger partial charge in [0.15, 0.2) is 0 Å². The molecule has 2 unspecified atom stereocenters. The second-order valence-electron chi connectivity index (χ2n) is 3.20. The van der Waals surface area contributed by atoms with E-state index in [9.17, 15) is 5.11 Å². The summed E-state index contributed by atoms with van der Waals surface area (Å²) in [5.41, 5.74) is 1.41. The highest BCUT2D eigenvalue weighted by molar-refractivity contribution is 7.99. The third-order valence-corrected chi connectivity index (χ3v) is 4.12. The Kier molecular flexibility index (Phi) is 4.84. The molecule has 0 fully saturated rings. The van der Waals surface area contributed by atoms with Gasteiger partial charge in [0.25, 0.3) is 0 Å². The van der Waals surface area contributed by atoms with Gasteiger partial charge in [-0.3, -0.25) is 0 Å². The van der Waals surface area contributed by atoms with E-state index >= 15 is 0 Å². The molecule has 1 N–H and O–H groups in total. The number of thioether (sulfide) groups is 1. The number of thiophene rings is 1. The predicted octanol–water partition coefficient (Wildman–Crippen LogP) is 2.79. The lowest BCUT2D eigenvalue weighted by atomic mass is 10.3. The van der Waals surface area contributed by atoms with E-state index in [-0.39, 0.29) is 6.10 Å². The average Bonchev–Trinajstić information content (AvgIpc) is 2.56. The van der Waals surface area contributed by atoms with Crippen LogP contribution in [-0.4, -0.2) is 22.2 Å². The molecular formula is C10H16OS2. The van der Waals surface area contributed by atoms with Crippen molar-refractivity contribution in [1.82, 2.24) is 0 Å². The van der Waals surface area contributed by atoms with Gasteiger partial charge in [0, 0.05) is 5.25 Å². The van der Waals surface area contributed by atoms with Gasteiger partial charge in [-0.15, -0.1) is 0 Å². The summed E-state index contributed by atoms with van der Waals surface area (Å²) >= 11 is 3.58. The van der Waals surface area contributed by atoms with Crippen LogP contribution in [-0.2, 0) is 6.42 Å². The van der Waals surface area contributed by atoms with Crippen molar-refractivity contribution in [3.8, 4) is 0 Å². The molecule has 0 saturated heterocycles. The average molecular weight is 216 g/mol. The van der Waals surface area contributed by atoms with Crippen molar-refractivity contribution in [2.24, 2.45) is 0 Å². The number of hydrogen-bond acceptors (Lipinski definition) is 3. The Hall–Kier alpha value is 0.01000. The second kappa shape index (κ2) is 5.68. The van der Waals surface area contributed by atoms with E-state index in [0.29, 0.717) is 5.25 Å². The first-order valence-corrected chi connectivity index (χ1v) is 6.50. The van der Waals surface area contributed by atoms with Crippen molar-refractivity contribution in [2.75, 3.05) is 5.75 Å². The van der Waals surface area contributed by atoms with Crippen LogP contribution in [0.15, 0.2) is 16.8 Å². The van der Waals surface area contributed by atoms with Crippen LogP contribution in [0.2, 0.25) is 0 Å². The molecule has 0 saturated carbocycles. The van der Waals surface area contributed by atoms with Crippen LogP contribution in [0.1, 0.15) is 19.4 Å². The van der Waals surface area contributed by atoms with Crippen LogP contribution in [0.4, 0.5) is 0 Å². The summed E-state index contributed by atoms with van der Waals surface area (Å²) in [6.07, 6.45) is 0.915. The minimum atomic E-state index is -0.201. The molecule has 1 rings (SSSR count). The minimum absolute atomic E-state index is 0.201. The molecule has 1 heterocycles. The quantitative estimate of drug-likeness (QED) is 0.816. The third-order valence-electron chi connectivity index (χ3n) is 2.03. The number of hydrogen-bond donors (Lipinski definition) is 1. The fourth-order valence-corrected chi connectivity index (χ4v) is 2.64. The summed E-state index contributed by atoms with van der Waals surface area (Å²) in [6, 6.07) is 2.16. The summed E-state index contributed by atoms with van der Waals surface area (Å²) in [6.45, 7) is 3.92. The predicted molar refractivity (Wildman–Crippen MR) is 61.6 cm³/mol. The highest BCUT2D eigenvalue weighted by atomic mass is 32.2. The molecule has 0 bridgehead atoms. The summed E-state index contributed by atoms with van der Waals surface area (Å²) in [7, 11) is 0. The Morgan fingerprint density at radius 2 is 2.31 bits per heavy atom. The first kappa shape index (κ1) is 11.1. The molecule has 74 valence electrons. The van der Waals surface area contributed by atoms with Crippen molar-refractivity contribution in [3.63, 3.8) is 0 Å². The van der Waals surface area contributed by atoms with Gasteiger partial charge in [-0.25, -0.2) is 0 Å². The maximum absolute atomic E-state index is 9.26. The maximum Gasteiger partial charge on any atom is 0.0627 e. The molecule has 0 aliphatic carbocycles. The standard InChI is InChI=1S/C10H16OS2/c1-8(11)9(2)13-6-4-10-3-5-12-7-10/h3,5,7-9,11H,4,6H2,1-2H3. The van der Waals surface area contributed by atoms with Gasteiger partial charge >= 0.3 is 0 Å². The Labute approximate surface area is 88.2 Å². The first-order valence-electron chi connectivity index (χ1n) is 4.51. The van der Waals surface area contributed by atoms with Crippen molar-refractivity contribution >= 4 is 23.1 Å². The number of aryl methyl sites for hydroxylation is 1. The van der Waals surface area contributed by atoms with E-state index in [2.05, 4.69) is 23.8 Å². The Morgan fingerprint density at radius 1 is 1.54 bits per heavy atom. The van der Waals surface area contributed by atoms with Gasteiger partial charge < -0.3 is 5.11 Å². The zero-order valence-electron chi connectivity index (χ0n) is 8.06. The molecule has 3 heteroatoms. The third kappa shape index (κ3) is 4.16. The van der Waals surface area contributed by atoms with Crippen molar-refractivity contribution in [2.45, 2.75) is 31.6 Å². The number of rotatable bonds is 5. The van der Waals surface area contributed by atoms with Crippen LogP contribution in [0.5, 0.6) is 0 Å². The smallest absolute Gasteiger partial charge is 0.0627 e. The van der Waals surface area contributed by atoms with Crippen molar-refractivity contribution in [1.29, 1.82) is 0 Å². The van der Waals surface area contributed by atoms with E-state index in [1.807, 2.05) is 18.7 Å². The van der Waals surface area contributed by atoms with Gasteiger partial charge in [0.2, 0.25) is 0 Å². The van der Waals surface area contributed by atoms with E-state index in [4.69, 9.17) is 0 Å². The van der Waals surface area contributed by atoms with E-state index < -0.39 is 0 Å². The molecule has 0 aromatic carbocycles. The molecule has 0 aliphatic heterocycles. The van der Waals surface area contributed by atoms with E-state index in [1.54, 1.807) is 11.3 Å². The van der Waals surface area contributed by atoms with Crippen LogP contribution in [0.25, 0.3) is 0 Å². The molecule has 1 nitrogen and oxygen atoms in total. The highest BCUT2D eigenvalue weighted by Crippen LogP contribution is 2.16. The van der Waals surface area contributed by atoms with Gasteiger partial charge in [-0.05, 0) is 41.5 Å². The Balaban J connectivity index is 2.14. The molecule has 0 spiro atoms. The van der Waals surface area contributed by atoms with Gasteiger partial charge in [-0.2, -0.15) is 23.1 Å². The van der Waals surface area contributed by atoms with Crippen molar-refractivity contribution in [3.05, 3.63) is 22.4 Å². The molecule has 1 aromatic heterocycles. The lowest BCUT2D eigenvalue weighted by molar-refractivity contribution is 0.196. The summed E-state index contributed by atoms with van der Waals surface area (Å²) < 4.78 is 0. The maximum atomic E-state index is 9.26. The summed E-state index contributed by atoms with van der Waals surface area (Å²) in [5, 5.41) is 13.9. The van der Waals surface area contributed by atoms with Crippen LogP contribution >= 0.6 is 23.1 Å². The molecule has 0 aliphatic rings. The normalized spacial score (nSPS) is 15.6. The molecule has 0 amide bonds. The van der Waals surface area contributed by atoms with Crippen molar-refractivity contribution < 1.29 is 5.11 Å². The van der Waals surface area contributed by atoms with Crippen LogP contribution < -0.4 is 0 Å². The Bertz CT molecular complexity index is 219. The molecule has 2 atom stereocenters. The van der Waals surface area contributed by atoms with E-state index in [0.717, 1.165) is 12.2 Å². The topological polar surface area (TPSA) is 20.2 Å². The largest absolute Gasteiger partial charge is 0.392 e. The molecule has 0 radical (unpaired) electrons. The number of aliphatic hydroxyl groups is 1. The monoisotopic (exact) mass is 216 g/mol. The fourth-order valence-electron chi connectivity index (χ4n) is 0.937. The van der Waals surface area contributed by atoms with Gasteiger partial charge in [0.05, 0.1) is 6.10 Å². The summed E-state index contributed by atoms with van der Waals surface area (Å²) in [4.78, 5) is 0. The molecular weight excluding hydrogens is 200 g/mol. The minimum Gasteiger partial charge on any atom is -0.392 e. The highest BCUT2D eigenvalue weighted by Gasteiger charge is 2.08. The fraction of sp³-hybridized carbons (Fsp3) is 0.600. The zero-order chi connectivity index (χ0) is 9.68. The molecule has 1 aromatic rings. The van der Waals surface area contributed by atoms with Gasteiger partial charge in [0.1, 0.15) is 0 Å². The van der Waals surface area contributed by atoms with E-state index in [1.165, 1.54) is 5.56 Å². The molecule has 13 heavy (non-hydrogen) atoms. The number of aliphatic hydroxyl groups excluding tert-OH is 1. The lowest BCUT2D eigenvalue weighted by Crippen LogP contribution is -2.15.